The lowest BCUT2D eigenvalue weighted by molar-refractivity contribution is -0.116. The number of rotatable bonds is 7. The number of hydrogen-bond donors (Lipinski definition) is 2. The molecule has 1 amide bonds. The smallest absolute Gasteiger partial charge is 0.339 e. The number of H-pyrrole nitrogens is 1. The van der Waals surface area contributed by atoms with Crippen LogP contribution < -0.4 is 20.4 Å². The number of hydrogen-bond acceptors (Lipinski definition) is 7. The van der Waals surface area contributed by atoms with Crippen LogP contribution in [-0.4, -0.2) is 35.3 Å². The number of carbonyl (C=O) groups is 1. The molecule has 4 rings (SSSR count). The third-order valence-electron chi connectivity index (χ3n) is 5.20. The van der Waals surface area contributed by atoms with Gasteiger partial charge in [0.2, 0.25) is 11.9 Å². The molecule has 2 N–H and O–H groups in total. The Morgan fingerprint density at radius 1 is 1.09 bits per heavy atom. The van der Waals surface area contributed by atoms with Crippen molar-refractivity contribution < 1.29 is 18.7 Å². The highest BCUT2D eigenvalue weighted by Gasteiger charge is 2.15. The molecule has 0 bridgehead atoms. The largest absolute Gasteiger partial charge is 0.497 e. The van der Waals surface area contributed by atoms with Crippen LogP contribution in [0.1, 0.15) is 17.5 Å². The standard InChI is InChI=1S/C23H22N4O5/c1-13-17-9-8-16(31-3)12-19(17)32-22(29)18(13)10-11-20(28)24-23-25-21(26-27-23)14-4-6-15(30-2)7-5-14/h4-9,12H,10-11H2,1-3H3,(H2,24,25,26,27,28). The zero-order valence-corrected chi connectivity index (χ0v) is 17.9. The highest BCUT2D eigenvalue weighted by Crippen LogP contribution is 2.24. The lowest BCUT2D eigenvalue weighted by Gasteiger charge is -2.08. The van der Waals surface area contributed by atoms with Crippen molar-refractivity contribution in [3.63, 3.8) is 0 Å². The third kappa shape index (κ3) is 4.31. The summed E-state index contributed by atoms with van der Waals surface area (Å²) < 4.78 is 15.7. The Hall–Kier alpha value is -4.14. The highest BCUT2D eigenvalue weighted by atomic mass is 16.5. The predicted octanol–water partition coefficient (Wildman–Crippen LogP) is 3.48. The van der Waals surface area contributed by atoms with Gasteiger partial charge >= 0.3 is 5.63 Å². The summed E-state index contributed by atoms with van der Waals surface area (Å²) in [5.41, 5.74) is 2.04. The Morgan fingerprint density at radius 2 is 1.81 bits per heavy atom. The van der Waals surface area contributed by atoms with Gasteiger partial charge in [0.05, 0.1) is 14.2 Å². The minimum atomic E-state index is -0.462. The number of anilines is 1. The van der Waals surface area contributed by atoms with Crippen LogP contribution in [0, 0.1) is 6.92 Å². The molecule has 0 atom stereocenters. The Balaban J connectivity index is 1.43. The molecule has 0 aliphatic heterocycles. The van der Waals surface area contributed by atoms with E-state index in [2.05, 4.69) is 20.5 Å². The second-order valence-electron chi connectivity index (χ2n) is 7.14. The molecule has 9 heteroatoms. The SMILES string of the molecule is COc1ccc(-c2nc(NC(=O)CCc3c(C)c4ccc(OC)cc4oc3=O)n[nH]2)cc1. The van der Waals surface area contributed by atoms with Crippen LogP contribution >= 0.6 is 0 Å². The maximum absolute atomic E-state index is 12.5. The van der Waals surface area contributed by atoms with Gasteiger partial charge in [0.15, 0.2) is 5.82 Å². The summed E-state index contributed by atoms with van der Waals surface area (Å²) in [5.74, 6) is 1.71. The molecular weight excluding hydrogens is 412 g/mol. The number of aromatic amines is 1. The fourth-order valence-corrected chi connectivity index (χ4v) is 3.41. The van der Waals surface area contributed by atoms with Crippen LogP contribution in [0.2, 0.25) is 0 Å². The Labute approximate surface area is 183 Å². The number of carbonyl (C=O) groups excluding carboxylic acids is 1. The summed E-state index contributed by atoms with van der Waals surface area (Å²) in [6.07, 6.45) is 0.317. The Bertz CT molecular complexity index is 1320. The van der Waals surface area contributed by atoms with Crippen molar-refractivity contribution in [2.45, 2.75) is 19.8 Å². The predicted molar refractivity (Wildman–Crippen MR) is 119 cm³/mol. The number of fused-ring (bicyclic) bond motifs is 1. The van der Waals surface area contributed by atoms with E-state index in [0.717, 1.165) is 22.3 Å². The number of aryl methyl sites for hydroxylation is 1. The van der Waals surface area contributed by atoms with Gasteiger partial charge in [-0.15, -0.1) is 5.10 Å². The molecule has 0 aliphatic carbocycles. The average Bonchev–Trinajstić information content (AvgIpc) is 3.26. The fourth-order valence-electron chi connectivity index (χ4n) is 3.41. The van der Waals surface area contributed by atoms with E-state index in [1.807, 2.05) is 37.3 Å². The van der Waals surface area contributed by atoms with E-state index in [1.165, 1.54) is 0 Å². The van der Waals surface area contributed by atoms with Crippen molar-refractivity contribution in [2.75, 3.05) is 19.5 Å². The summed E-state index contributed by atoms with van der Waals surface area (Å²) in [5, 5.41) is 10.3. The van der Waals surface area contributed by atoms with Crippen LogP contribution in [0.3, 0.4) is 0 Å². The van der Waals surface area contributed by atoms with Gasteiger partial charge < -0.3 is 13.9 Å². The Morgan fingerprint density at radius 3 is 2.53 bits per heavy atom. The summed E-state index contributed by atoms with van der Waals surface area (Å²) in [4.78, 5) is 29.2. The molecule has 0 fully saturated rings. The molecule has 0 saturated heterocycles. The normalized spacial score (nSPS) is 10.8. The first-order chi connectivity index (χ1) is 15.5. The van der Waals surface area contributed by atoms with Gasteiger partial charge in [-0.3, -0.25) is 15.2 Å². The van der Waals surface area contributed by atoms with Gasteiger partial charge in [0, 0.05) is 29.0 Å². The molecule has 32 heavy (non-hydrogen) atoms. The van der Waals surface area contributed by atoms with Gasteiger partial charge in [-0.2, -0.15) is 4.98 Å². The molecule has 2 heterocycles. The number of nitrogens with one attached hydrogen (secondary N) is 2. The highest BCUT2D eigenvalue weighted by molar-refractivity contribution is 5.89. The van der Waals surface area contributed by atoms with E-state index in [4.69, 9.17) is 13.9 Å². The van der Waals surface area contributed by atoms with E-state index in [0.29, 0.717) is 22.7 Å². The average molecular weight is 434 g/mol. The number of nitrogens with zero attached hydrogens (tertiary/aromatic N) is 2. The molecule has 164 valence electrons. The molecule has 0 aliphatic rings. The molecule has 0 unspecified atom stereocenters. The van der Waals surface area contributed by atoms with E-state index < -0.39 is 5.63 Å². The van der Waals surface area contributed by atoms with E-state index in [1.54, 1.807) is 26.4 Å². The van der Waals surface area contributed by atoms with Crippen molar-refractivity contribution in [1.82, 2.24) is 15.2 Å². The summed E-state index contributed by atoms with van der Waals surface area (Å²) >= 11 is 0. The minimum Gasteiger partial charge on any atom is -0.497 e. The Kier molecular flexibility index (Phi) is 5.89. The first kappa shape index (κ1) is 21.1. The topological polar surface area (TPSA) is 119 Å². The molecule has 2 aromatic carbocycles. The van der Waals surface area contributed by atoms with Gasteiger partial charge in [0.1, 0.15) is 17.1 Å². The maximum Gasteiger partial charge on any atom is 0.339 e. The number of methoxy groups -OCH3 is 2. The zero-order valence-electron chi connectivity index (χ0n) is 17.9. The molecule has 0 radical (unpaired) electrons. The van der Waals surface area contributed by atoms with Crippen LogP contribution in [0.4, 0.5) is 5.95 Å². The maximum atomic E-state index is 12.5. The molecule has 9 nitrogen and oxygen atoms in total. The second-order valence-corrected chi connectivity index (χ2v) is 7.14. The first-order valence-electron chi connectivity index (χ1n) is 9.95. The quantitative estimate of drug-likeness (QED) is 0.427. The fraction of sp³-hybridized carbons (Fsp3) is 0.217. The van der Waals surface area contributed by atoms with Crippen molar-refractivity contribution in [1.29, 1.82) is 0 Å². The van der Waals surface area contributed by atoms with Crippen molar-refractivity contribution in [3.8, 4) is 22.9 Å². The molecule has 4 aromatic rings. The number of benzene rings is 2. The number of aromatic nitrogens is 3. The number of amides is 1. The monoisotopic (exact) mass is 434 g/mol. The molecular formula is C23H22N4O5. The lowest BCUT2D eigenvalue weighted by Crippen LogP contribution is -2.17. The van der Waals surface area contributed by atoms with Crippen molar-refractivity contribution in [3.05, 3.63) is 64.0 Å². The van der Waals surface area contributed by atoms with E-state index in [-0.39, 0.29) is 24.7 Å². The summed E-state index contributed by atoms with van der Waals surface area (Å²) in [7, 11) is 3.14. The number of ether oxygens (including phenoxy) is 2. The molecule has 0 saturated carbocycles. The van der Waals surface area contributed by atoms with Gasteiger partial charge in [-0.05, 0) is 55.3 Å². The van der Waals surface area contributed by atoms with Crippen molar-refractivity contribution in [2.24, 2.45) is 0 Å². The summed E-state index contributed by atoms with van der Waals surface area (Å²) in [6, 6.07) is 12.6. The van der Waals surface area contributed by atoms with E-state index in [9.17, 15) is 9.59 Å². The van der Waals surface area contributed by atoms with Crippen LogP contribution in [0.15, 0.2) is 51.7 Å². The van der Waals surface area contributed by atoms with Gasteiger partial charge in [-0.25, -0.2) is 4.79 Å². The van der Waals surface area contributed by atoms with Gasteiger partial charge in [0.25, 0.3) is 0 Å². The van der Waals surface area contributed by atoms with Crippen LogP contribution in [-0.2, 0) is 11.2 Å². The lowest BCUT2D eigenvalue weighted by atomic mass is 10.0. The van der Waals surface area contributed by atoms with Gasteiger partial charge in [-0.1, -0.05) is 0 Å². The summed E-state index contributed by atoms with van der Waals surface area (Å²) in [6.45, 7) is 1.84. The van der Waals surface area contributed by atoms with Crippen LogP contribution in [0.25, 0.3) is 22.4 Å². The molecule has 0 spiro atoms. The zero-order chi connectivity index (χ0) is 22.7. The van der Waals surface area contributed by atoms with Crippen molar-refractivity contribution >= 4 is 22.8 Å². The minimum absolute atomic E-state index is 0.0830. The third-order valence-corrected chi connectivity index (χ3v) is 5.20. The first-order valence-corrected chi connectivity index (χ1v) is 9.95. The second kappa shape index (κ2) is 8.93. The van der Waals surface area contributed by atoms with Crippen LogP contribution in [0.5, 0.6) is 11.5 Å². The molecule has 2 aromatic heterocycles. The van der Waals surface area contributed by atoms with E-state index >= 15 is 0 Å².